The Morgan fingerprint density at radius 3 is 1.80 bits per heavy atom. The number of ketones is 1. The zero-order chi connectivity index (χ0) is 3.58. The molecule has 0 fully saturated rings. The van der Waals surface area contributed by atoms with Crippen LogP contribution in [0.25, 0.3) is 0 Å². The van der Waals surface area contributed by atoms with Crippen molar-refractivity contribution in [2.75, 3.05) is 0 Å². The van der Waals surface area contributed by atoms with Crippen molar-refractivity contribution >= 4 is 5.78 Å². The maximum Gasteiger partial charge on any atom is 0.130 e. The second-order valence-electron chi connectivity index (χ2n) is 0.702. The molecule has 0 heterocycles. The quantitative estimate of drug-likeness (QED) is 0.610. The molecule has 0 rings (SSSR count). The van der Waals surface area contributed by atoms with Crippen molar-refractivity contribution in [3.05, 3.63) is 6.92 Å². The van der Waals surface area contributed by atoms with Crippen LogP contribution < -0.4 is 0 Å². The summed E-state index contributed by atoms with van der Waals surface area (Å²) in [7, 11) is 0. The van der Waals surface area contributed by atoms with Gasteiger partial charge < -0.3 is 4.79 Å². The Kier molecular flexibility index (Phi) is 7.87. The molecule has 2 heteroatoms. The molecule has 5 heavy (non-hydrogen) atoms. The van der Waals surface area contributed by atoms with E-state index in [1.165, 1.54) is 6.92 Å². The van der Waals surface area contributed by atoms with Crippen LogP contribution in [0, 0.1) is 6.92 Å². The number of Topliss-reactive ketones (excluding diaryl/α,β-unsaturated/α-hetero) is 1. The van der Waals surface area contributed by atoms with E-state index >= 15 is 0 Å². The minimum Gasteiger partial charge on any atom is -0.300 e. The van der Waals surface area contributed by atoms with E-state index in [1.807, 2.05) is 0 Å². The fourth-order valence-corrected chi connectivity index (χ4v) is 0. The van der Waals surface area contributed by atoms with Crippen LogP contribution in [0.15, 0.2) is 0 Å². The average Bonchev–Trinajstić information content (AvgIpc) is 0.811. The molecule has 0 spiro atoms. The molecule has 0 unspecified atom stereocenters. The number of hydrogen-bond acceptors (Lipinski definition) is 1. The van der Waals surface area contributed by atoms with Gasteiger partial charge in [-0.3, -0.25) is 0 Å². The Labute approximate surface area is 46.0 Å². The maximum absolute atomic E-state index is 9.33. The van der Waals surface area contributed by atoms with Crippen LogP contribution in [-0.4, -0.2) is 5.78 Å². The molecule has 0 aliphatic rings. The van der Waals surface area contributed by atoms with E-state index in [1.54, 1.807) is 0 Å². The van der Waals surface area contributed by atoms with Crippen molar-refractivity contribution in [1.29, 1.82) is 0 Å². The molecule has 0 amide bonds. The van der Waals surface area contributed by atoms with E-state index in [0.29, 0.717) is 0 Å². The molecule has 1 nitrogen and oxygen atoms in total. The van der Waals surface area contributed by atoms with E-state index in [4.69, 9.17) is 0 Å². The van der Waals surface area contributed by atoms with E-state index in [9.17, 15) is 4.79 Å². The Morgan fingerprint density at radius 1 is 1.80 bits per heavy atom. The maximum atomic E-state index is 9.33. The summed E-state index contributed by atoms with van der Waals surface area (Å²) < 4.78 is 0. The first kappa shape index (κ1) is 9.02. The van der Waals surface area contributed by atoms with Gasteiger partial charge in [0.15, 0.2) is 0 Å². The number of rotatable bonds is 0. The Balaban J connectivity index is 0. The molecule has 0 atom stereocenters. The number of carbonyl (C=O) groups excluding carboxylic acids is 1. The molecule has 0 saturated heterocycles. The first-order chi connectivity index (χ1) is 1.73. The monoisotopic (exact) mass is 252 g/mol. The summed E-state index contributed by atoms with van der Waals surface area (Å²) in [6, 6.07) is 0. The first-order valence-electron chi connectivity index (χ1n) is 1.06. The molecule has 0 N–H and O–H groups in total. The van der Waals surface area contributed by atoms with Gasteiger partial charge >= 0.3 is 0 Å². The second-order valence-corrected chi connectivity index (χ2v) is 0.702. The van der Waals surface area contributed by atoms with Gasteiger partial charge in [0.25, 0.3) is 0 Å². The average molecular weight is 252 g/mol. The fourth-order valence-electron chi connectivity index (χ4n) is 0. The third kappa shape index (κ3) is 189. The minimum absolute atomic E-state index is 0. The summed E-state index contributed by atoms with van der Waals surface area (Å²) in [5.41, 5.74) is 0. The second kappa shape index (κ2) is 4.36. The van der Waals surface area contributed by atoms with E-state index in [0.717, 1.165) is 0 Å². The third-order valence-electron chi connectivity index (χ3n) is 0. The van der Waals surface area contributed by atoms with Gasteiger partial charge in [-0.05, 0) is 6.92 Å². The van der Waals surface area contributed by atoms with Crippen LogP contribution in [0.4, 0.5) is 0 Å². The van der Waals surface area contributed by atoms with E-state index in [2.05, 4.69) is 6.92 Å². The summed E-state index contributed by atoms with van der Waals surface area (Å²) in [5.74, 6) is -0.0833. The topological polar surface area (TPSA) is 17.1 Å². The van der Waals surface area contributed by atoms with Crippen molar-refractivity contribution in [3.63, 3.8) is 0 Å². The predicted octanol–water partition coefficient (Wildman–Crippen LogP) is 0.407. The normalized spacial score (nSPS) is 5.20. The van der Waals surface area contributed by atoms with Gasteiger partial charge in [-0.25, -0.2) is 0 Å². The molecule has 0 aliphatic heterocycles. The zero-order valence-corrected chi connectivity index (χ0v) is 5.20. The van der Waals surface area contributed by atoms with Crippen molar-refractivity contribution in [3.8, 4) is 0 Å². The smallest absolute Gasteiger partial charge is 0.130 e. The van der Waals surface area contributed by atoms with E-state index in [-0.39, 0.29) is 26.8 Å². The van der Waals surface area contributed by atoms with Crippen LogP contribution in [0.2, 0.25) is 0 Å². The van der Waals surface area contributed by atoms with Crippen molar-refractivity contribution < 1.29 is 25.9 Å². The molecular formula is C3H5OPt. The fraction of sp³-hybridized carbons (Fsp3) is 0.333. The minimum atomic E-state index is -0.0833. The van der Waals surface area contributed by atoms with Crippen molar-refractivity contribution in [2.45, 2.75) is 6.92 Å². The van der Waals surface area contributed by atoms with Crippen LogP contribution in [0.3, 0.4) is 0 Å². The standard InChI is InChI=1S/C3H5O.Pt/c1-3(2)4;/h1H2,2H3;. The molecule has 0 saturated carbocycles. The molecule has 33 valence electrons. The predicted molar refractivity (Wildman–Crippen MR) is 16.0 cm³/mol. The molecule has 0 aliphatic carbocycles. The molecule has 0 aromatic rings. The van der Waals surface area contributed by atoms with Crippen LogP contribution in [-0.2, 0) is 25.9 Å². The molecule has 0 aromatic carbocycles. The molecule has 0 bridgehead atoms. The summed E-state index contributed by atoms with van der Waals surface area (Å²) >= 11 is 0. The van der Waals surface area contributed by atoms with Gasteiger partial charge in [0, 0.05) is 28.0 Å². The Morgan fingerprint density at radius 2 is 1.80 bits per heavy atom. The van der Waals surface area contributed by atoms with Gasteiger partial charge in [-0.2, -0.15) is 0 Å². The number of hydrogen-bond donors (Lipinski definition) is 0. The van der Waals surface area contributed by atoms with E-state index < -0.39 is 0 Å². The van der Waals surface area contributed by atoms with Gasteiger partial charge in [-0.1, -0.05) is 0 Å². The zero-order valence-electron chi connectivity index (χ0n) is 2.93. The summed E-state index contributed by atoms with van der Waals surface area (Å²) in [6.07, 6.45) is 0. The number of carbonyl (C=O) groups is 1. The summed E-state index contributed by atoms with van der Waals surface area (Å²) in [6.45, 7) is 4.42. The third-order valence-corrected chi connectivity index (χ3v) is 0. The summed E-state index contributed by atoms with van der Waals surface area (Å²) in [5, 5.41) is 0. The largest absolute Gasteiger partial charge is 0.300 e. The van der Waals surface area contributed by atoms with Crippen molar-refractivity contribution in [2.24, 2.45) is 0 Å². The van der Waals surface area contributed by atoms with Crippen LogP contribution >= 0.6 is 0 Å². The first-order valence-corrected chi connectivity index (χ1v) is 1.06. The molecular weight excluding hydrogens is 247 g/mol. The van der Waals surface area contributed by atoms with Gasteiger partial charge in [0.2, 0.25) is 0 Å². The Hall–Kier alpha value is 0.358. The Bertz CT molecular complexity index is 29.9. The summed E-state index contributed by atoms with van der Waals surface area (Å²) in [4.78, 5) is 9.33. The van der Waals surface area contributed by atoms with Gasteiger partial charge in [0.1, 0.15) is 5.78 Å². The van der Waals surface area contributed by atoms with Gasteiger partial charge in [0.05, 0.1) is 0 Å². The van der Waals surface area contributed by atoms with Gasteiger partial charge in [-0.15, -0.1) is 0 Å². The van der Waals surface area contributed by atoms with Crippen LogP contribution in [0.1, 0.15) is 6.92 Å². The molecule has 0 aromatic heterocycles. The SMILES string of the molecule is [CH2]C(C)=O.[Pt]. The van der Waals surface area contributed by atoms with Crippen molar-refractivity contribution in [1.82, 2.24) is 0 Å². The van der Waals surface area contributed by atoms with Crippen LogP contribution in [0.5, 0.6) is 0 Å². The molecule has 1 radical (unpaired) electrons.